The molecule has 0 aromatic carbocycles. The second-order valence-electron chi connectivity index (χ2n) is 4.77. The molecule has 2 saturated heterocycles. The third-order valence-electron chi connectivity index (χ3n) is 3.74. The molecule has 2 rings (SSSR count). The van der Waals surface area contributed by atoms with Crippen molar-refractivity contribution in [3.8, 4) is 0 Å². The Balaban J connectivity index is 1.75. The molecular formula is C12H23NO3. The maximum absolute atomic E-state index is 5.72. The van der Waals surface area contributed by atoms with Crippen LogP contribution in [0.4, 0.5) is 0 Å². The van der Waals surface area contributed by atoms with Crippen molar-refractivity contribution in [1.82, 2.24) is 4.90 Å². The Morgan fingerprint density at radius 2 is 1.88 bits per heavy atom. The van der Waals surface area contributed by atoms with Gasteiger partial charge in [0.1, 0.15) is 0 Å². The predicted molar refractivity (Wildman–Crippen MR) is 61.4 cm³/mol. The van der Waals surface area contributed by atoms with Crippen LogP contribution >= 0.6 is 0 Å². The van der Waals surface area contributed by atoms with E-state index < -0.39 is 0 Å². The van der Waals surface area contributed by atoms with Crippen molar-refractivity contribution in [2.24, 2.45) is 0 Å². The molecule has 16 heavy (non-hydrogen) atoms. The zero-order chi connectivity index (χ0) is 11.4. The normalized spacial score (nSPS) is 27.4. The maximum atomic E-state index is 5.72. The van der Waals surface area contributed by atoms with Gasteiger partial charge < -0.3 is 19.1 Å². The summed E-state index contributed by atoms with van der Waals surface area (Å²) < 4.78 is 16.6. The summed E-state index contributed by atoms with van der Waals surface area (Å²) in [6.07, 6.45) is 3.11. The first kappa shape index (κ1) is 12.3. The first-order valence-corrected chi connectivity index (χ1v) is 6.27. The summed E-state index contributed by atoms with van der Waals surface area (Å²) in [4.78, 5) is 2.51. The van der Waals surface area contributed by atoms with Gasteiger partial charge in [-0.15, -0.1) is 0 Å². The van der Waals surface area contributed by atoms with Crippen LogP contribution in [0.15, 0.2) is 0 Å². The van der Waals surface area contributed by atoms with Gasteiger partial charge in [-0.3, -0.25) is 0 Å². The average Bonchev–Trinajstić information content (AvgIpc) is 2.75. The molecule has 2 fully saturated rings. The van der Waals surface area contributed by atoms with Crippen LogP contribution in [0, 0.1) is 0 Å². The van der Waals surface area contributed by atoms with Gasteiger partial charge in [-0.1, -0.05) is 0 Å². The second kappa shape index (κ2) is 5.45. The van der Waals surface area contributed by atoms with Gasteiger partial charge in [0, 0.05) is 45.7 Å². The van der Waals surface area contributed by atoms with Crippen molar-refractivity contribution >= 4 is 0 Å². The Kier molecular flexibility index (Phi) is 4.19. The zero-order valence-corrected chi connectivity index (χ0v) is 10.4. The molecule has 1 spiro atoms. The van der Waals surface area contributed by atoms with E-state index in [0.717, 1.165) is 52.2 Å². The first-order valence-electron chi connectivity index (χ1n) is 6.27. The lowest BCUT2D eigenvalue weighted by Crippen LogP contribution is -2.48. The van der Waals surface area contributed by atoms with Crippen LogP contribution in [-0.4, -0.2) is 56.7 Å². The lowest BCUT2D eigenvalue weighted by atomic mass is 10.0. The lowest BCUT2D eigenvalue weighted by Gasteiger charge is -2.40. The third-order valence-corrected chi connectivity index (χ3v) is 3.74. The van der Waals surface area contributed by atoms with Gasteiger partial charge in [0.25, 0.3) is 0 Å². The van der Waals surface area contributed by atoms with Crippen molar-refractivity contribution in [3.05, 3.63) is 0 Å². The highest BCUT2D eigenvalue weighted by Gasteiger charge is 2.40. The van der Waals surface area contributed by atoms with E-state index in [9.17, 15) is 0 Å². The Labute approximate surface area is 97.8 Å². The summed E-state index contributed by atoms with van der Waals surface area (Å²) >= 11 is 0. The lowest BCUT2D eigenvalue weighted by molar-refractivity contribution is -0.187. The minimum atomic E-state index is -0.239. The second-order valence-corrected chi connectivity index (χ2v) is 4.77. The van der Waals surface area contributed by atoms with Crippen molar-refractivity contribution in [1.29, 1.82) is 0 Å². The quantitative estimate of drug-likeness (QED) is 0.726. The molecule has 4 heteroatoms. The molecule has 0 aliphatic carbocycles. The van der Waals surface area contributed by atoms with Gasteiger partial charge in [0.15, 0.2) is 5.79 Å². The van der Waals surface area contributed by atoms with Crippen LogP contribution in [0.25, 0.3) is 0 Å². The molecule has 0 aromatic rings. The largest absolute Gasteiger partial charge is 0.385 e. The minimum Gasteiger partial charge on any atom is -0.385 e. The summed E-state index contributed by atoms with van der Waals surface area (Å²) in [7, 11) is 1.76. The van der Waals surface area contributed by atoms with Crippen LogP contribution in [0.3, 0.4) is 0 Å². The van der Waals surface area contributed by atoms with E-state index in [4.69, 9.17) is 14.2 Å². The Morgan fingerprint density at radius 1 is 1.25 bits per heavy atom. The molecule has 0 bridgehead atoms. The molecule has 0 saturated carbocycles. The monoisotopic (exact) mass is 229 g/mol. The molecule has 1 unspecified atom stereocenters. The van der Waals surface area contributed by atoms with Gasteiger partial charge in [0.2, 0.25) is 0 Å². The fourth-order valence-electron chi connectivity index (χ4n) is 2.56. The highest BCUT2D eigenvalue weighted by Crippen LogP contribution is 2.32. The van der Waals surface area contributed by atoms with Crippen LogP contribution < -0.4 is 0 Å². The third kappa shape index (κ3) is 2.74. The van der Waals surface area contributed by atoms with Crippen LogP contribution in [-0.2, 0) is 14.2 Å². The fourth-order valence-corrected chi connectivity index (χ4v) is 2.56. The summed E-state index contributed by atoms with van der Waals surface area (Å²) in [5.41, 5.74) is 0. The molecule has 2 aliphatic heterocycles. The number of methoxy groups -OCH3 is 1. The van der Waals surface area contributed by atoms with Crippen molar-refractivity contribution in [2.45, 2.75) is 38.0 Å². The number of piperidine rings is 1. The summed E-state index contributed by atoms with van der Waals surface area (Å²) in [5.74, 6) is -0.239. The summed E-state index contributed by atoms with van der Waals surface area (Å²) in [6, 6.07) is 0.596. The Bertz CT molecular complexity index is 206. The predicted octanol–water partition coefficient (Wildman–Crippen LogP) is 1.25. The van der Waals surface area contributed by atoms with E-state index in [1.807, 2.05) is 0 Å². The van der Waals surface area contributed by atoms with E-state index in [2.05, 4.69) is 11.8 Å². The summed E-state index contributed by atoms with van der Waals surface area (Å²) in [5, 5.41) is 0. The van der Waals surface area contributed by atoms with Crippen LogP contribution in [0.2, 0.25) is 0 Å². The first-order chi connectivity index (χ1) is 7.76. The Morgan fingerprint density at radius 3 is 2.44 bits per heavy atom. The molecule has 2 heterocycles. The zero-order valence-electron chi connectivity index (χ0n) is 10.4. The summed E-state index contributed by atoms with van der Waals surface area (Å²) in [6.45, 7) is 6.79. The van der Waals surface area contributed by atoms with Gasteiger partial charge in [0.05, 0.1) is 13.2 Å². The van der Waals surface area contributed by atoms with Crippen molar-refractivity contribution in [3.63, 3.8) is 0 Å². The number of hydrogen-bond acceptors (Lipinski definition) is 4. The topological polar surface area (TPSA) is 30.9 Å². The number of nitrogens with zero attached hydrogens (tertiary/aromatic N) is 1. The molecule has 0 aromatic heterocycles. The minimum absolute atomic E-state index is 0.239. The highest BCUT2D eigenvalue weighted by molar-refractivity contribution is 4.84. The number of hydrogen-bond donors (Lipinski definition) is 0. The van der Waals surface area contributed by atoms with E-state index in [1.54, 1.807) is 7.11 Å². The molecular weight excluding hydrogens is 206 g/mol. The highest BCUT2D eigenvalue weighted by atomic mass is 16.7. The molecule has 0 radical (unpaired) electrons. The van der Waals surface area contributed by atoms with Crippen LogP contribution in [0.5, 0.6) is 0 Å². The average molecular weight is 229 g/mol. The van der Waals surface area contributed by atoms with E-state index in [0.29, 0.717) is 6.04 Å². The van der Waals surface area contributed by atoms with Gasteiger partial charge in [-0.25, -0.2) is 0 Å². The van der Waals surface area contributed by atoms with Crippen molar-refractivity contribution < 1.29 is 14.2 Å². The van der Waals surface area contributed by atoms with E-state index in [1.165, 1.54) is 0 Å². The maximum Gasteiger partial charge on any atom is 0.170 e. The molecule has 94 valence electrons. The van der Waals surface area contributed by atoms with Crippen LogP contribution in [0.1, 0.15) is 26.2 Å². The standard InChI is InChI=1S/C12H23NO3/c1-11(3-8-14-2)13-6-4-12(5-7-13)15-9-10-16-12/h11H,3-10H2,1-2H3. The molecule has 2 aliphatic rings. The van der Waals surface area contributed by atoms with E-state index >= 15 is 0 Å². The SMILES string of the molecule is COCCC(C)N1CCC2(CC1)OCCO2. The molecule has 0 N–H and O–H groups in total. The Hall–Kier alpha value is -0.160. The fraction of sp³-hybridized carbons (Fsp3) is 1.00. The molecule has 0 amide bonds. The van der Waals surface area contributed by atoms with Gasteiger partial charge in [-0.05, 0) is 13.3 Å². The van der Waals surface area contributed by atoms with E-state index in [-0.39, 0.29) is 5.79 Å². The van der Waals surface area contributed by atoms with Gasteiger partial charge >= 0.3 is 0 Å². The number of likely N-dealkylation sites (tertiary alicyclic amines) is 1. The molecule has 1 atom stereocenters. The smallest absolute Gasteiger partial charge is 0.170 e. The molecule has 4 nitrogen and oxygen atoms in total. The van der Waals surface area contributed by atoms with Crippen molar-refractivity contribution in [2.75, 3.05) is 40.0 Å². The number of ether oxygens (including phenoxy) is 3. The van der Waals surface area contributed by atoms with Gasteiger partial charge in [-0.2, -0.15) is 0 Å². The number of rotatable bonds is 4.